The summed E-state index contributed by atoms with van der Waals surface area (Å²) in [5.41, 5.74) is 0.191. The number of aromatic nitrogens is 1. The Morgan fingerprint density at radius 1 is 1.07 bits per heavy atom. The first-order valence-corrected chi connectivity index (χ1v) is 4.40. The van der Waals surface area contributed by atoms with Gasteiger partial charge < -0.3 is 0 Å². The van der Waals surface area contributed by atoms with Crippen LogP contribution in [-0.2, 0) is 6.18 Å². The number of hydrogen-bond donors (Lipinski definition) is 0. The smallest absolute Gasteiger partial charge is 0.264 e. The lowest BCUT2D eigenvalue weighted by atomic mass is 10.0. The van der Waals surface area contributed by atoms with Crippen LogP contribution in [0.4, 0.5) is 13.2 Å². The molecule has 0 fully saturated rings. The van der Waals surface area contributed by atoms with E-state index >= 15 is 0 Å². The Bertz CT molecular complexity index is 503. The van der Waals surface area contributed by atoms with Crippen molar-refractivity contribution in [3.8, 4) is 0 Å². The van der Waals surface area contributed by atoms with Crippen LogP contribution >= 0.6 is 0 Å². The summed E-state index contributed by atoms with van der Waals surface area (Å²) in [6, 6.07) is 3.97. The number of fused-ring (bicyclic) bond motifs is 1. The zero-order chi connectivity index (χ0) is 11.1. The molecular formula is C11H8F3N. The quantitative estimate of drug-likeness (QED) is 0.649. The lowest BCUT2D eigenvalue weighted by molar-refractivity contribution is -0.136. The van der Waals surface area contributed by atoms with E-state index in [1.165, 1.54) is 24.5 Å². The second-order valence-corrected chi connectivity index (χ2v) is 3.35. The molecule has 2 rings (SSSR count). The Labute approximate surface area is 84.6 Å². The molecule has 0 aliphatic rings. The number of rotatable bonds is 0. The van der Waals surface area contributed by atoms with Gasteiger partial charge in [0, 0.05) is 17.8 Å². The van der Waals surface area contributed by atoms with Crippen LogP contribution in [0.1, 0.15) is 11.1 Å². The summed E-state index contributed by atoms with van der Waals surface area (Å²) in [7, 11) is 0. The molecule has 0 spiro atoms. The summed E-state index contributed by atoms with van der Waals surface area (Å²) in [5.74, 6) is 0. The Kier molecular flexibility index (Phi) is 2.14. The van der Waals surface area contributed by atoms with E-state index in [1.807, 2.05) is 0 Å². The standard InChI is InChI=1S/C11H8F3N/c1-7-2-3-10(11(12,13)14)8-4-5-15-6-9(7)8/h2-6H,1H3. The Balaban J connectivity index is 2.84. The number of nitrogens with zero attached hydrogens (tertiary/aromatic N) is 1. The summed E-state index contributed by atoms with van der Waals surface area (Å²) in [6.07, 6.45) is -1.48. The van der Waals surface area contributed by atoms with E-state index in [4.69, 9.17) is 0 Å². The average Bonchev–Trinajstić information content (AvgIpc) is 2.17. The molecule has 0 aliphatic heterocycles. The van der Waals surface area contributed by atoms with E-state index in [1.54, 1.807) is 6.92 Å². The molecule has 0 bridgehead atoms. The highest BCUT2D eigenvalue weighted by atomic mass is 19.4. The molecule has 0 aliphatic carbocycles. The predicted octanol–water partition coefficient (Wildman–Crippen LogP) is 3.56. The molecule has 1 heterocycles. The number of hydrogen-bond acceptors (Lipinski definition) is 1. The van der Waals surface area contributed by atoms with Crippen molar-refractivity contribution in [3.63, 3.8) is 0 Å². The van der Waals surface area contributed by atoms with Gasteiger partial charge in [0.05, 0.1) is 5.56 Å². The minimum Gasteiger partial charge on any atom is -0.264 e. The van der Waals surface area contributed by atoms with Crippen LogP contribution in [0.5, 0.6) is 0 Å². The van der Waals surface area contributed by atoms with Crippen LogP contribution < -0.4 is 0 Å². The third-order valence-electron chi connectivity index (χ3n) is 2.34. The van der Waals surface area contributed by atoms with Crippen LogP contribution in [0.2, 0.25) is 0 Å². The summed E-state index contributed by atoms with van der Waals surface area (Å²) in [5, 5.41) is 0.754. The molecule has 1 aromatic carbocycles. The van der Waals surface area contributed by atoms with Crippen molar-refractivity contribution >= 4 is 10.8 Å². The molecule has 0 amide bonds. The molecule has 0 N–H and O–H groups in total. The number of halogens is 3. The van der Waals surface area contributed by atoms with Crippen molar-refractivity contribution in [1.82, 2.24) is 4.98 Å². The minimum absolute atomic E-state index is 0.206. The second kappa shape index (κ2) is 3.22. The van der Waals surface area contributed by atoms with Gasteiger partial charge in [-0.15, -0.1) is 0 Å². The topological polar surface area (TPSA) is 12.9 Å². The number of aryl methyl sites for hydroxylation is 1. The maximum Gasteiger partial charge on any atom is 0.417 e. The maximum absolute atomic E-state index is 12.6. The lowest BCUT2D eigenvalue weighted by Crippen LogP contribution is -2.06. The lowest BCUT2D eigenvalue weighted by Gasteiger charge is -2.11. The molecule has 0 unspecified atom stereocenters. The molecule has 0 saturated heterocycles. The van der Waals surface area contributed by atoms with E-state index in [9.17, 15) is 13.2 Å². The molecule has 2 aromatic rings. The van der Waals surface area contributed by atoms with Crippen LogP contribution in [0.3, 0.4) is 0 Å². The third-order valence-corrected chi connectivity index (χ3v) is 2.34. The molecule has 1 nitrogen and oxygen atoms in total. The predicted molar refractivity (Wildman–Crippen MR) is 51.5 cm³/mol. The number of pyridine rings is 1. The van der Waals surface area contributed by atoms with Gasteiger partial charge in [0.25, 0.3) is 0 Å². The van der Waals surface area contributed by atoms with E-state index in [0.29, 0.717) is 5.39 Å². The van der Waals surface area contributed by atoms with Crippen molar-refractivity contribution in [2.45, 2.75) is 13.1 Å². The van der Waals surface area contributed by atoms with Gasteiger partial charge in [-0.25, -0.2) is 0 Å². The molecule has 0 saturated carbocycles. The zero-order valence-corrected chi connectivity index (χ0v) is 7.97. The van der Waals surface area contributed by atoms with Gasteiger partial charge in [0.2, 0.25) is 0 Å². The second-order valence-electron chi connectivity index (χ2n) is 3.35. The normalized spacial score (nSPS) is 12.0. The third kappa shape index (κ3) is 1.67. The van der Waals surface area contributed by atoms with Gasteiger partial charge in [-0.2, -0.15) is 13.2 Å². The van der Waals surface area contributed by atoms with Gasteiger partial charge in [-0.05, 0) is 30.0 Å². The Morgan fingerprint density at radius 2 is 1.80 bits per heavy atom. The van der Waals surface area contributed by atoms with Gasteiger partial charge in [-0.1, -0.05) is 6.07 Å². The first kappa shape index (κ1) is 9.96. The highest BCUT2D eigenvalue weighted by molar-refractivity contribution is 5.88. The van der Waals surface area contributed by atoms with Crippen LogP contribution in [0, 0.1) is 6.92 Å². The highest BCUT2D eigenvalue weighted by Gasteiger charge is 2.32. The fourth-order valence-electron chi connectivity index (χ4n) is 1.58. The molecule has 78 valence electrons. The molecule has 1 aromatic heterocycles. The van der Waals surface area contributed by atoms with Gasteiger partial charge in [0.1, 0.15) is 0 Å². The summed E-state index contributed by atoms with van der Waals surface area (Å²) < 4.78 is 37.9. The summed E-state index contributed by atoms with van der Waals surface area (Å²) >= 11 is 0. The number of alkyl halides is 3. The first-order valence-electron chi connectivity index (χ1n) is 4.40. The maximum atomic E-state index is 12.6. The summed E-state index contributed by atoms with van der Waals surface area (Å²) in [6.45, 7) is 1.77. The van der Waals surface area contributed by atoms with Crippen LogP contribution in [0.15, 0.2) is 30.6 Å². The van der Waals surface area contributed by atoms with E-state index in [-0.39, 0.29) is 5.39 Å². The molecule has 4 heteroatoms. The van der Waals surface area contributed by atoms with Crippen molar-refractivity contribution < 1.29 is 13.2 Å². The van der Waals surface area contributed by atoms with Crippen molar-refractivity contribution in [2.75, 3.05) is 0 Å². The average molecular weight is 211 g/mol. The van der Waals surface area contributed by atoms with Gasteiger partial charge >= 0.3 is 6.18 Å². The number of benzene rings is 1. The van der Waals surface area contributed by atoms with E-state index < -0.39 is 11.7 Å². The SMILES string of the molecule is Cc1ccc(C(F)(F)F)c2ccncc12. The van der Waals surface area contributed by atoms with Crippen LogP contribution in [0.25, 0.3) is 10.8 Å². The molecule has 0 atom stereocenters. The van der Waals surface area contributed by atoms with Crippen molar-refractivity contribution in [3.05, 3.63) is 41.7 Å². The monoisotopic (exact) mass is 211 g/mol. The molecular weight excluding hydrogens is 203 g/mol. The highest BCUT2D eigenvalue weighted by Crippen LogP contribution is 2.35. The summed E-state index contributed by atoms with van der Waals surface area (Å²) in [4.78, 5) is 3.83. The Hall–Kier alpha value is -1.58. The fourth-order valence-corrected chi connectivity index (χ4v) is 1.58. The first-order chi connectivity index (χ1) is 7.00. The van der Waals surface area contributed by atoms with Crippen molar-refractivity contribution in [2.24, 2.45) is 0 Å². The zero-order valence-electron chi connectivity index (χ0n) is 7.97. The van der Waals surface area contributed by atoms with E-state index in [2.05, 4.69) is 4.98 Å². The minimum atomic E-state index is -4.31. The van der Waals surface area contributed by atoms with Gasteiger partial charge in [0.15, 0.2) is 0 Å². The van der Waals surface area contributed by atoms with Gasteiger partial charge in [-0.3, -0.25) is 4.98 Å². The largest absolute Gasteiger partial charge is 0.417 e. The van der Waals surface area contributed by atoms with Crippen molar-refractivity contribution in [1.29, 1.82) is 0 Å². The Morgan fingerprint density at radius 3 is 2.47 bits per heavy atom. The van der Waals surface area contributed by atoms with E-state index in [0.717, 1.165) is 11.6 Å². The fraction of sp³-hybridized carbons (Fsp3) is 0.182. The molecule has 15 heavy (non-hydrogen) atoms. The molecule has 0 radical (unpaired) electrons. The van der Waals surface area contributed by atoms with Crippen LogP contribution in [-0.4, -0.2) is 4.98 Å².